The van der Waals surface area contributed by atoms with Crippen molar-refractivity contribution in [2.75, 3.05) is 5.32 Å². The highest BCUT2D eigenvalue weighted by molar-refractivity contribution is 7.89. The molecule has 0 unspecified atom stereocenters. The minimum Gasteiger partial charge on any atom is -0.298 e. The van der Waals surface area contributed by atoms with Crippen LogP contribution < -0.4 is 10.0 Å². The van der Waals surface area contributed by atoms with Crippen molar-refractivity contribution in [2.45, 2.75) is 31.2 Å². The number of nitrogens with zero attached hydrogens (tertiary/aromatic N) is 1. The predicted octanol–water partition coefficient (Wildman–Crippen LogP) is 5.81. The van der Waals surface area contributed by atoms with Gasteiger partial charge in [-0.2, -0.15) is 0 Å². The van der Waals surface area contributed by atoms with Gasteiger partial charge in [0.2, 0.25) is 10.0 Å². The third-order valence-corrected chi connectivity index (χ3v) is 7.59. The van der Waals surface area contributed by atoms with E-state index in [1.165, 1.54) is 35.6 Å². The summed E-state index contributed by atoms with van der Waals surface area (Å²) in [4.78, 5) is 18.6. The Hall–Kier alpha value is -3.33. The molecule has 1 aromatic heterocycles. The Morgan fingerprint density at radius 1 is 0.824 bits per heavy atom. The molecule has 8 heteroatoms. The molecule has 1 amide bonds. The van der Waals surface area contributed by atoms with E-state index in [1.54, 1.807) is 20.8 Å². The second-order valence-electron chi connectivity index (χ2n) is 8.76. The predicted molar refractivity (Wildman–Crippen MR) is 137 cm³/mol. The lowest BCUT2D eigenvalue weighted by molar-refractivity contribution is 0.102. The molecule has 2 N–H and O–H groups in total. The second-order valence-corrected chi connectivity index (χ2v) is 11.4. The molecule has 0 aliphatic carbocycles. The van der Waals surface area contributed by atoms with E-state index in [1.807, 2.05) is 60.7 Å². The highest BCUT2D eigenvalue weighted by Crippen LogP contribution is 2.39. The first-order chi connectivity index (χ1) is 16.1. The maximum absolute atomic E-state index is 12.9. The standard InChI is InChI=1S/C26H25N3O3S2/c1-26(2,3)29-34(31,32)21-16-14-20(15-17-21)24(30)28-25-27-22(18-10-6-4-7-11-18)23(33-25)19-12-8-5-9-13-19/h4-17,29H,1-3H3,(H,27,28,30). The van der Waals surface area contributed by atoms with Crippen molar-refractivity contribution in [1.29, 1.82) is 0 Å². The van der Waals surface area contributed by atoms with Gasteiger partial charge in [-0.1, -0.05) is 72.0 Å². The molecule has 0 saturated heterocycles. The molecule has 3 aromatic carbocycles. The summed E-state index contributed by atoms with van der Waals surface area (Å²) in [6.07, 6.45) is 0. The van der Waals surface area contributed by atoms with Crippen molar-refractivity contribution < 1.29 is 13.2 Å². The zero-order valence-corrected chi connectivity index (χ0v) is 20.7. The Morgan fingerprint density at radius 2 is 1.38 bits per heavy atom. The van der Waals surface area contributed by atoms with Crippen LogP contribution in [0.4, 0.5) is 5.13 Å². The van der Waals surface area contributed by atoms with Crippen molar-refractivity contribution in [3.05, 3.63) is 90.5 Å². The molecule has 34 heavy (non-hydrogen) atoms. The second kappa shape index (κ2) is 9.50. The first-order valence-electron chi connectivity index (χ1n) is 10.7. The summed E-state index contributed by atoms with van der Waals surface area (Å²) in [7, 11) is -3.67. The van der Waals surface area contributed by atoms with Gasteiger partial charge in [0.15, 0.2) is 5.13 Å². The summed E-state index contributed by atoms with van der Waals surface area (Å²) < 4.78 is 27.6. The molecule has 0 fully saturated rings. The molecular formula is C26H25N3O3S2. The van der Waals surface area contributed by atoms with Crippen molar-refractivity contribution in [1.82, 2.24) is 9.71 Å². The van der Waals surface area contributed by atoms with Gasteiger partial charge in [0.25, 0.3) is 5.91 Å². The molecule has 174 valence electrons. The van der Waals surface area contributed by atoms with Gasteiger partial charge in [0.1, 0.15) is 0 Å². The lowest BCUT2D eigenvalue weighted by Gasteiger charge is -2.20. The van der Waals surface area contributed by atoms with Crippen LogP contribution in [0.3, 0.4) is 0 Å². The number of sulfonamides is 1. The fraction of sp³-hybridized carbons (Fsp3) is 0.154. The molecule has 4 rings (SSSR count). The molecular weight excluding hydrogens is 466 g/mol. The number of thiazole rings is 1. The number of hydrogen-bond acceptors (Lipinski definition) is 5. The summed E-state index contributed by atoms with van der Waals surface area (Å²) in [6.45, 7) is 5.31. The van der Waals surface area contributed by atoms with Crippen LogP contribution in [0.5, 0.6) is 0 Å². The van der Waals surface area contributed by atoms with Gasteiger partial charge in [0, 0.05) is 16.7 Å². The zero-order valence-electron chi connectivity index (χ0n) is 19.1. The van der Waals surface area contributed by atoms with Crippen LogP contribution in [0.15, 0.2) is 89.8 Å². The van der Waals surface area contributed by atoms with Crippen LogP contribution in [-0.2, 0) is 10.0 Å². The molecule has 1 heterocycles. The number of anilines is 1. The Bertz CT molecular complexity index is 1330. The number of carbonyl (C=O) groups is 1. The topological polar surface area (TPSA) is 88.2 Å². The molecule has 0 bridgehead atoms. The van der Waals surface area contributed by atoms with Crippen molar-refractivity contribution in [2.24, 2.45) is 0 Å². The average molecular weight is 492 g/mol. The summed E-state index contributed by atoms with van der Waals surface area (Å²) in [5, 5.41) is 3.32. The first-order valence-corrected chi connectivity index (χ1v) is 13.0. The molecule has 6 nitrogen and oxygen atoms in total. The first kappa shape index (κ1) is 23.8. The lowest BCUT2D eigenvalue weighted by Crippen LogP contribution is -2.40. The lowest BCUT2D eigenvalue weighted by atomic mass is 10.1. The number of aromatic nitrogens is 1. The number of rotatable bonds is 6. The maximum atomic E-state index is 12.9. The van der Waals surface area contributed by atoms with E-state index in [2.05, 4.69) is 10.0 Å². The van der Waals surface area contributed by atoms with E-state index in [0.29, 0.717) is 10.7 Å². The van der Waals surface area contributed by atoms with Gasteiger partial charge in [-0.05, 0) is 50.6 Å². The molecule has 0 aliphatic rings. The smallest absolute Gasteiger partial charge is 0.257 e. The van der Waals surface area contributed by atoms with E-state index in [4.69, 9.17) is 4.98 Å². The van der Waals surface area contributed by atoms with Crippen LogP contribution in [0.2, 0.25) is 0 Å². The number of amides is 1. The molecule has 0 saturated carbocycles. The Morgan fingerprint density at radius 3 is 1.94 bits per heavy atom. The number of hydrogen-bond donors (Lipinski definition) is 2. The SMILES string of the molecule is CC(C)(C)NS(=O)(=O)c1ccc(C(=O)Nc2nc(-c3ccccc3)c(-c3ccccc3)s2)cc1. The monoisotopic (exact) mass is 491 g/mol. The van der Waals surface area contributed by atoms with Gasteiger partial charge in [-0.15, -0.1) is 0 Å². The number of nitrogens with one attached hydrogen (secondary N) is 2. The molecule has 0 aliphatic heterocycles. The van der Waals surface area contributed by atoms with E-state index in [-0.39, 0.29) is 10.8 Å². The van der Waals surface area contributed by atoms with E-state index in [9.17, 15) is 13.2 Å². The van der Waals surface area contributed by atoms with Crippen LogP contribution in [-0.4, -0.2) is 24.8 Å². The average Bonchev–Trinajstić information content (AvgIpc) is 3.22. The highest BCUT2D eigenvalue weighted by Gasteiger charge is 2.22. The van der Waals surface area contributed by atoms with Gasteiger partial charge in [-0.25, -0.2) is 18.1 Å². The molecule has 0 atom stereocenters. The fourth-order valence-electron chi connectivity index (χ4n) is 3.37. The highest BCUT2D eigenvalue weighted by atomic mass is 32.2. The molecule has 4 aromatic rings. The van der Waals surface area contributed by atoms with Crippen molar-refractivity contribution in [3.8, 4) is 21.7 Å². The van der Waals surface area contributed by atoms with Crippen LogP contribution in [0.1, 0.15) is 31.1 Å². The molecule has 0 radical (unpaired) electrons. The third kappa shape index (κ3) is 5.59. The molecule has 0 spiro atoms. The van der Waals surface area contributed by atoms with E-state index in [0.717, 1.165) is 21.7 Å². The van der Waals surface area contributed by atoms with Crippen molar-refractivity contribution >= 4 is 32.4 Å². The largest absolute Gasteiger partial charge is 0.298 e. The van der Waals surface area contributed by atoms with Crippen LogP contribution in [0, 0.1) is 0 Å². The minimum absolute atomic E-state index is 0.103. The summed E-state index contributed by atoms with van der Waals surface area (Å²) in [6, 6.07) is 25.6. The normalized spacial score (nSPS) is 11.9. The number of carbonyl (C=O) groups excluding carboxylic acids is 1. The Labute approximate surface area is 203 Å². The van der Waals surface area contributed by atoms with Gasteiger partial charge < -0.3 is 0 Å². The fourth-order valence-corrected chi connectivity index (χ4v) is 5.77. The third-order valence-electron chi connectivity index (χ3n) is 4.80. The Balaban J connectivity index is 1.60. The Kier molecular flexibility index (Phi) is 6.65. The summed E-state index contributed by atoms with van der Waals surface area (Å²) in [5.74, 6) is -0.360. The van der Waals surface area contributed by atoms with Crippen molar-refractivity contribution in [3.63, 3.8) is 0 Å². The van der Waals surface area contributed by atoms with Gasteiger partial charge in [0.05, 0.1) is 15.5 Å². The minimum atomic E-state index is -3.67. The van der Waals surface area contributed by atoms with E-state index < -0.39 is 15.6 Å². The maximum Gasteiger partial charge on any atom is 0.257 e. The summed E-state index contributed by atoms with van der Waals surface area (Å²) >= 11 is 1.40. The van der Waals surface area contributed by atoms with Crippen LogP contribution >= 0.6 is 11.3 Å². The quantitative estimate of drug-likeness (QED) is 0.356. The van der Waals surface area contributed by atoms with Gasteiger partial charge >= 0.3 is 0 Å². The number of benzene rings is 3. The van der Waals surface area contributed by atoms with E-state index >= 15 is 0 Å². The van der Waals surface area contributed by atoms with Crippen LogP contribution in [0.25, 0.3) is 21.7 Å². The summed E-state index contributed by atoms with van der Waals surface area (Å²) in [5.41, 5.74) is 2.50. The van der Waals surface area contributed by atoms with Gasteiger partial charge in [-0.3, -0.25) is 10.1 Å². The zero-order chi connectivity index (χ0) is 24.3.